The third kappa shape index (κ3) is 5.16. The van der Waals surface area contributed by atoms with E-state index in [2.05, 4.69) is 33.4 Å². The second-order valence-electron chi connectivity index (χ2n) is 6.51. The lowest BCUT2D eigenvalue weighted by atomic mass is 9.88. The lowest BCUT2D eigenvalue weighted by Crippen LogP contribution is -2.07. The molecule has 0 spiro atoms. The molecule has 0 heterocycles. The van der Waals surface area contributed by atoms with E-state index in [0.29, 0.717) is 0 Å². The van der Waals surface area contributed by atoms with Crippen LogP contribution in [0.3, 0.4) is 0 Å². The van der Waals surface area contributed by atoms with E-state index in [1.54, 1.807) is 0 Å². The highest BCUT2D eigenvalue weighted by Crippen LogP contribution is 2.39. The minimum Gasteiger partial charge on any atom is -0.103 e. The summed E-state index contributed by atoms with van der Waals surface area (Å²) in [6.45, 7) is 11.0. The van der Waals surface area contributed by atoms with Crippen LogP contribution in [-0.2, 0) is 0 Å². The molecule has 1 saturated carbocycles. The Labute approximate surface area is 115 Å². The maximum Gasteiger partial charge on any atom is -0.0239 e. The molecular formula is C18H34. The topological polar surface area (TPSA) is 0 Å². The van der Waals surface area contributed by atoms with Gasteiger partial charge in [-0.25, -0.2) is 0 Å². The summed E-state index contributed by atoms with van der Waals surface area (Å²) in [6.07, 6.45) is 15.0. The number of hydrogen-bond acceptors (Lipinski definition) is 0. The quantitative estimate of drug-likeness (QED) is 0.336. The van der Waals surface area contributed by atoms with Crippen molar-refractivity contribution in [2.24, 2.45) is 23.7 Å². The summed E-state index contributed by atoms with van der Waals surface area (Å²) in [7, 11) is 0. The molecular weight excluding hydrogens is 216 g/mol. The van der Waals surface area contributed by atoms with Gasteiger partial charge in [0.2, 0.25) is 0 Å². The molecule has 0 nitrogen and oxygen atoms in total. The predicted octanol–water partition coefficient (Wildman–Crippen LogP) is 6.22. The maximum atomic E-state index is 3.93. The van der Waals surface area contributed by atoms with Crippen LogP contribution in [0.15, 0.2) is 12.7 Å². The molecule has 4 atom stereocenters. The van der Waals surface area contributed by atoms with E-state index in [0.717, 1.165) is 23.7 Å². The highest BCUT2D eigenvalue weighted by Gasteiger charge is 2.27. The van der Waals surface area contributed by atoms with Crippen molar-refractivity contribution in [2.45, 2.75) is 78.6 Å². The second-order valence-corrected chi connectivity index (χ2v) is 6.51. The molecule has 1 fully saturated rings. The normalized spacial score (nSPS) is 27.1. The number of allylic oxidation sites excluding steroid dienone is 1. The average Bonchev–Trinajstić information content (AvgIpc) is 2.87. The minimum atomic E-state index is 0.765. The Balaban J connectivity index is 2.09. The summed E-state index contributed by atoms with van der Waals surface area (Å²) in [5, 5.41) is 0. The Morgan fingerprint density at radius 1 is 1.17 bits per heavy atom. The molecule has 18 heavy (non-hydrogen) atoms. The van der Waals surface area contributed by atoms with Crippen LogP contribution in [0.2, 0.25) is 0 Å². The maximum absolute atomic E-state index is 3.93. The van der Waals surface area contributed by atoms with Gasteiger partial charge in [-0.1, -0.05) is 59.0 Å². The van der Waals surface area contributed by atoms with Gasteiger partial charge >= 0.3 is 0 Å². The fourth-order valence-electron chi connectivity index (χ4n) is 3.55. The molecule has 106 valence electrons. The molecule has 0 aromatic heterocycles. The van der Waals surface area contributed by atoms with Crippen LogP contribution in [0, 0.1) is 23.7 Å². The number of unbranched alkanes of at least 4 members (excludes halogenated alkanes) is 1. The second kappa shape index (κ2) is 8.77. The lowest BCUT2D eigenvalue weighted by molar-refractivity contribution is 0.337. The Bertz CT molecular complexity index is 218. The van der Waals surface area contributed by atoms with Crippen LogP contribution < -0.4 is 0 Å². The molecule has 1 rings (SSSR count). The highest BCUT2D eigenvalue weighted by molar-refractivity contribution is 4.80. The summed E-state index contributed by atoms with van der Waals surface area (Å²) in [6, 6.07) is 0. The minimum absolute atomic E-state index is 0.765. The SMILES string of the molecule is C=CC(CC)CCCCC1CCC(C(C)CC)C1. The first-order chi connectivity index (χ1) is 8.71. The van der Waals surface area contributed by atoms with E-state index in [-0.39, 0.29) is 0 Å². The first-order valence-corrected chi connectivity index (χ1v) is 8.33. The monoisotopic (exact) mass is 250 g/mol. The van der Waals surface area contributed by atoms with Gasteiger partial charge in [-0.05, 0) is 49.4 Å². The van der Waals surface area contributed by atoms with Crippen LogP contribution in [0.1, 0.15) is 78.6 Å². The smallest absolute Gasteiger partial charge is 0.0239 e. The van der Waals surface area contributed by atoms with E-state index in [1.165, 1.54) is 57.8 Å². The zero-order valence-corrected chi connectivity index (χ0v) is 13.0. The van der Waals surface area contributed by atoms with Gasteiger partial charge in [-0.3, -0.25) is 0 Å². The predicted molar refractivity (Wildman–Crippen MR) is 82.7 cm³/mol. The van der Waals surface area contributed by atoms with E-state index >= 15 is 0 Å². The van der Waals surface area contributed by atoms with Crippen LogP contribution in [0.25, 0.3) is 0 Å². The molecule has 0 aliphatic heterocycles. The van der Waals surface area contributed by atoms with E-state index in [1.807, 2.05) is 0 Å². The highest BCUT2D eigenvalue weighted by atomic mass is 14.3. The standard InChI is InChI=1S/C18H34/c1-5-15(4)18-13-12-17(14-18)11-9-8-10-16(6-2)7-3/h6,15-18H,2,5,7-14H2,1,3-4H3. The van der Waals surface area contributed by atoms with Crippen molar-refractivity contribution < 1.29 is 0 Å². The van der Waals surface area contributed by atoms with Gasteiger partial charge in [0.25, 0.3) is 0 Å². The van der Waals surface area contributed by atoms with Crippen molar-refractivity contribution >= 4 is 0 Å². The van der Waals surface area contributed by atoms with E-state index in [9.17, 15) is 0 Å². The van der Waals surface area contributed by atoms with Gasteiger partial charge in [0.1, 0.15) is 0 Å². The summed E-state index contributed by atoms with van der Waals surface area (Å²) >= 11 is 0. The van der Waals surface area contributed by atoms with Gasteiger partial charge in [-0.2, -0.15) is 0 Å². The van der Waals surface area contributed by atoms with Crippen molar-refractivity contribution in [3.8, 4) is 0 Å². The van der Waals surface area contributed by atoms with Gasteiger partial charge < -0.3 is 0 Å². The summed E-state index contributed by atoms with van der Waals surface area (Å²) in [5.74, 6) is 3.81. The summed E-state index contributed by atoms with van der Waals surface area (Å²) < 4.78 is 0. The van der Waals surface area contributed by atoms with Crippen LogP contribution in [0.4, 0.5) is 0 Å². The first kappa shape index (κ1) is 15.8. The molecule has 1 aliphatic carbocycles. The van der Waals surface area contributed by atoms with Crippen molar-refractivity contribution in [3.63, 3.8) is 0 Å². The molecule has 1 aliphatic rings. The lowest BCUT2D eigenvalue weighted by Gasteiger charge is -2.17. The Kier molecular flexibility index (Phi) is 7.70. The Morgan fingerprint density at radius 3 is 2.56 bits per heavy atom. The summed E-state index contributed by atoms with van der Waals surface area (Å²) in [4.78, 5) is 0. The summed E-state index contributed by atoms with van der Waals surface area (Å²) in [5.41, 5.74) is 0. The molecule has 0 aromatic rings. The molecule has 0 saturated heterocycles. The molecule has 4 unspecified atom stereocenters. The zero-order valence-electron chi connectivity index (χ0n) is 13.0. The van der Waals surface area contributed by atoms with Gasteiger partial charge in [0.15, 0.2) is 0 Å². The third-order valence-corrected chi connectivity index (χ3v) is 5.33. The van der Waals surface area contributed by atoms with Crippen LogP contribution >= 0.6 is 0 Å². The van der Waals surface area contributed by atoms with Crippen molar-refractivity contribution in [3.05, 3.63) is 12.7 Å². The molecule has 0 amide bonds. The van der Waals surface area contributed by atoms with Gasteiger partial charge in [0.05, 0.1) is 0 Å². The third-order valence-electron chi connectivity index (χ3n) is 5.33. The average molecular weight is 250 g/mol. The van der Waals surface area contributed by atoms with Crippen LogP contribution in [0.5, 0.6) is 0 Å². The van der Waals surface area contributed by atoms with Gasteiger partial charge in [0, 0.05) is 0 Å². The molecule has 0 bridgehead atoms. The largest absolute Gasteiger partial charge is 0.103 e. The van der Waals surface area contributed by atoms with Crippen molar-refractivity contribution in [1.82, 2.24) is 0 Å². The Hall–Kier alpha value is -0.260. The van der Waals surface area contributed by atoms with Gasteiger partial charge in [-0.15, -0.1) is 6.58 Å². The van der Waals surface area contributed by atoms with Crippen molar-refractivity contribution in [1.29, 1.82) is 0 Å². The molecule has 0 N–H and O–H groups in total. The Morgan fingerprint density at radius 2 is 1.94 bits per heavy atom. The fourth-order valence-corrected chi connectivity index (χ4v) is 3.55. The first-order valence-electron chi connectivity index (χ1n) is 8.33. The molecule has 0 radical (unpaired) electrons. The van der Waals surface area contributed by atoms with E-state index in [4.69, 9.17) is 0 Å². The zero-order chi connectivity index (χ0) is 13.4. The fraction of sp³-hybridized carbons (Fsp3) is 0.889. The molecule has 0 aromatic carbocycles. The van der Waals surface area contributed by atoms with Crippen molar-refractivity contribution in [2.75, 3.05) is 0 Å². The molecule has 0 heteroatoms. The van der Waals surface area contributed by atoms with E-state index < -0.39 is 0 Å². The number of hydrogen-bond donors (Lipinski definition) is 0. The number of rotatable bonds is 9. The van der Waals surface area contributed by atoms with Crippen LogP contribution in [-0.4, -0.2) is 0 Å².